The average molecular weight is 286 g/mol. The fourth-order valence-electron chi connectivity index (χ4n) is 2.77. The number of halogens is 1. The normalized spacial score (nSPS) is 18.0. The van der Waals surface area contributed by atoms with Gasteiger partial charge in [-0.1, -0.05) is 30.3 Å². The van der Waals surface area contributed by atoms with Crippen LogP contribution in [-0.4, -0.2) is 29.6 Å². The summed E-state index contributed by atoms with van der Waals surface area (Å²) in [6.07, 6.45) is 2.26. The van der Waals surface area contributed by atoms with Crippen LogP contribution in [0.25, 0.3) is 0 Å². The molecule has 1 unspecified atom stereocenters. The molecule has 1 fully saturated rings. The lowest BCUT2D eigenvalue weighted by Gasteiger charge is -2.18. The Labute approximate surface area is 124 Å². The number of aromatic nitrogens is 2. The standard InChI is InChI=1S/C16H19FN4/c1-2-18-16-19-10-14(17)15(20-16)21-9-8-13(11-21)12-6-4-3-5-7-12/h3-7,10,13H,2,8-9,11H2,1H3,(H,18,19,20). The third kappa shape index (κ3) is 2.96. The van der Waals surface area contributed by atoms with Crippen LogP contribution >= 0.6 is 0 Å². The predicted molar refractivity (Wildman–Crippen MR) is 82.2 cm³/mol. The Morgan fingerprint density at radius 1 is 1.33 bits per heavy atom. The van der Waals surface area contributed by atoms with Crippen LogP contribution in [0.4, 0.5) is 16.2 Å². The molecule has 0 spiro atoms. The van der Waals surface area contributed by atoms with Crippen molar-refractivity contribution in [2.75, 3.05) is 29.9 Å². The SMILES string of the molecule is CCNc1ncc(F)c(N2CCC(c3ccccc3)C2)n1. The number of benzene rings is 1. The van der Waals surface area contributed by atoms with E-state index in [2.05, 4.69) is 27.4 Å². The molecule has 2 aromatic rings. The molecule has 1 saturated heterocycles. The van der Waals surface area contributed by atoms with Crippen molar-refractivity contribution in [3.8, 4) is 0 Å². The van der Waals surface area contributed by atoms with E-state index in [0.29, 0.717) is 17.7 Å². The van der Waals surface area contributed by atoms with Crippen LogP contribution in [-0.2, 0) is 0 Å². The minimum Gasteiger partial charge on any atom is -0.354 e. The molecule has 0 bridgehead atoms. The van der Waals surface area contributed by atoms with Gasteiger partial charge in [0.15, 0.2) is 11.6 Å². The Morgan fingerprint density at radius 3 is 2.90 bits per heavy atom. The predicted octanol–water partition coefficient (Wildman–Crippen LogP) is 3.04. The van der Waals surface area contributed by atoms with Gasteiger partial charge in [0.25, 0.3) is 0 Å². The van der Waals surface area contributed by atoms with Crippen molar-refractivity contribution in [1.82, 2.24) is 9.97 Å². The molecule has 1 aromatic heterocycles. The zero-order chi connectivity index (χ0) is 14.7. The summed E-state index contributed by atoms with van der Waals surface area (Å²) in [6, 6.07) is 10.4. The van der Waals surface area contributed by atoms with Gasteiger partial charge in [-0.15, -0.1) is 0 Å². The van der Waals surface area contributed by atoms with Crippen molar-refractivity contribution in [1.29, 1.82) is 0 Å². The minimum atomic E-state index is -0.356. The first-order chi connectivity index (χ1) is 10.3. The van der Waals surface area contributed by atoms with Gasteiger partial charge < -0.3 is 10.2 Å². The highest BCUT2D eigenvalue weighted by Crippen LogP contribution is 2.31. The Morgan fingerprint density at radius 2 is 2.14 bits per heavy atom. The average Bonchev–Trinajstić information content (AvgIpc) is 3.00. The number of nitrogens with zero attached hydrogens (tertiary/aromatic N) is 3. The van der Waals surface area contributed by atoms with Crippen LogP contribution in [0, 0.1) is 5.82 Å². The number of hydrogen-bond donors (Lipinski definition) is 1. The maximum atomic E-state index is 14.0. The van der Waals surface area contributed by atoms with Crippen LogP contribution in [0.2, 0.25) is 0 Å². The fraction of sp³-hybridized carbons (Fsp3) is 0.375. The van der Waals surface area contributed by atoms with Gasteiger partial charge in [-0.05, 0) is 18.9 Å². The van der Waals surface area contributed by atoms with Crippen LogP contribution in [0.5, 0.6) is 0 Å². The van der Waals surface area contributed by atoms with Gasteiger partial charge in [0.1, 0.15) is 0 Å². The maximum absolute atomic E-state index is 14.0. The lowest BCUT2D eigenvalue weighted by Crippen LogP contribution is -2.22. The van der Waals surface area contributed by atoms with Crippen LogP contribution in [0.3, 0.4) is 0 Å². The van der Waals surface area contributed by atoms with E-state index < -0.39 is 0 Å². The molecule has 1 atom stereocenters. The van der Waals surface area contributed by atoms with Crippen molar-refractivity contribution >= 4 is 11.8 Å². The smallest absolute Gasteiger partial charge is 0.224 e. The van der Waals surface area contributed by atoms with E-state index in [1.165, 1.54) is 11.8 Å². The van der Waals surface area contributed by atoms with Gasteiger partial charge in [0, 0.05) is 25.6 Å². The molecule has 5 heteroatoms. The van der Waals surface area contributed by atoms with Gasteiger partial charge >= 0.3 is 0 Å². The molecule has 1 N–H and O–H groups in total. The van der Waals surface area contributed by atoms with Crippen molar-refractivity contribution in [3.63, 3.8) is 0 Å². The number of hydrogen-bond acceptors (Lipinski definition) is 4. The molecular formula is C16H19FN4. The van der Waals surface area contributed by atoms with Crippen molar-refractivity contribution in [2.24, 2.45) is 0 Å². The zero-order valence-electron chi connectivity index (χ0n) is 12.1. The first kappa shape index (κ1) is 13.8. The Balaban J connectivity index is 1.78. The number of rotatable bonds is 4. The summed E-state index contributed by atoms with van der Waals surface area (Å²) in [5, 5.41) is 3.03. The summed E-state index contributed by atoms with van der Waals surface area (Å²) in [7, 11) is 0. The summed E-state index contributed by atoms with van der Waals surface area (Å²) in [6.45, 7) is 4.30. The Hall–Kier alpha value is -2.17. The van der Waals surface area contributed by atoms with Gasteiger partial charge in [-0.3, -0.25) is 0 Å². The molecular weight excluding hydrogens is 267 g/mol. The summed E-state index contributed by atoms with van der Waals surface area (Å²) in [4.78, 5) is 10.3. The highest BCUT2D eigenvalue weighted by atomic mass is 19.1. The number of nitrogens with one attached hydrogen (secondary N) is 1. The second-order valence-electron chi connectivity index (χ2n) is 5.24. The summed E-state index contributed by atoms with van der Waals surface area (Å²) >= 11 is 0. The first-order valence-electron chi connectivity index (χ1n) is 7.34. The van der Waals surface area contributed by atoms with E-state index in [9.17, 15) is 4.39 Å². The quantitative estimate of drug-likeness (QED) is 0.938. The topological polar surface area (TPSA) is 41.1 Å². The van der Waals surface area contributed by atoms with Crippen molar-refractivity contribution in [2.45, 2.75) is 19.3 Å². The van der Waals surface area contributed by atoms with E-state index in [1.807, 2.05) is 30.0 Å². The molecule has 1 aliphatic rings. The van der Waals surface area contributed by atoms with Crippen molar-refractivity contribution in [3.05, 3.63) is 47.9 Å². The Kier molecular flexibility index (Phi) is 3.99. The Bertz CT molecular complexity index is 602. The third-order valence-electron chi connectivity index (χ3n) is 3.82. The lowest BCUT2D eigenvalue weighted by molar-refractivity contribution is 0.608. The molecule has 1 aliphatic heterocycles. The van der Waals surface area contributed by atoms with E-state index in [0.717, 1.165) is 26.1 Å². The highest BCUT2D eigenvalue weighted by molar-refractivity contribution is 5.46. The fourth-order valence-corrected chi connectivity index (χ4v) is 2.77. The summed E-state index contributed by atoms with van der Waals surface area (Å²) in [5.74, 6) is 0.963. The first-order valence-corrected chi connectivity index (χ1v) is 7.34. The van der Waals surface area contributed by atoms with Gasteiger partial charge in [0.05, 0.1) is 6.20 Å². The van der Waals surface area contributed by atoms with Gasteiger partial charge in [-0.2, -0.15) is 4.98 Å². The molecule has 0 amide bonds. The summed E-state index contributed by atoms with van der Waals surface area (Å²) in [5.41, 5.74) is 1.31. The molecule has 0 saturated carbocycles. The molecule has 3 rings (SSSR count). The molecule has 0 radical (unpaired) electrons. The summed E-state index contributed by atoms with van der Waals surface area (Å²) < 4.78 is 14.0. The van der Waals surface area contributed by atoms with E-state index in [1.54, 1.807) is 0 Å². The van der Waals surface area contributed by atoms with Crippen molar-refractivity contribution < 1.29 is 4.39 Å². The number of anilines is 2. The van der Waals surface area contributed by atoms with E-state index in [-0.39, 0.29) is 5.82 Å². The van der Waals surface area contributed by atoms with Gasteiger partial charge in [0.2, 0.25) is 5.95 Å². The molecule has 2 heterocycles. The second kappa shape index (κ2) is 6.08. The third-order valence-corrected chi connectivity index (χ3v) is 3.82. The largest absolute Gasteiger partial charge is 0.354 e. The molecule has 110 valence electrons. The maximum Gasteiger partial charge on any atom is 0.224 e. The zero-order valence-corrected chi connectivity index (χ0v) is 12.1. The second-order valence-corrected chi connectivity index (χ2v) is 5.24. The van der Waals surface area contributed by atoms with Crippen LogP contribution in [0.15, 0.2) is 36.5 Å². The highest BCUT2D eigenvalue weighted by Gasteiger charge is 2.26. The van der Waals surface area contributed by atoms with Gasteiger partial charge in [-0.25, -0.2) is 9.37 Å². The van der Waals surface area contributed by atoms with Crippen LogP contribution in [0.1, 0.15) is 24.8 Å². The molecule has 21 heavy (non-hydrogen) atoms. The van der Waals surface area contributed by atoms with E-state index >= 15 is 0 Å². The molecule has 0 aliphatic carbocycles. The van der Waals surface area contributed by atoms with Crippen LogP contribution < -0.4 is 10.2 Å². The molecule has 1 aromatic carbocycles. The lowest BCUT2D eigenvalue weighted by atomic mass is 9.99. The minimum absolute atomic E-state index is 0.356. The monoisotopic (exact) mass is 286 g/mol. The molecule has 4 nitrogen and oxygen atoms in total. The van der Waals surface area contributed by atoms with E-state index in [4.69, 9.17) is 0 Å².